The first kappa shape index (κ1) is 17.1. The largest absolute Gasteiger partial charge is 0.465 e. The molecule has 0 fully saturated rings. The SMILES string of the molecule is COC(=O)c1ccccc1NS(=O)(=O)C=Cc1ccc(Cl)cc1. The third-order valence-corrected chi connectivity index (χ3v) is 4.15. The Morgan fingerprint density at radius 2 is 1.78 bits per heavy atom. The average Bonchev–Trinajstić information content (AvgIpc) is 2.54. The number of esters is 1. The molecule has 2 aromatic rings. The number of benzene rings is 2. The molecular formula is C16H14ClNO4S. The van der Waals surface area contributed by atoms with Gasteiger partial charge < -0.3 is 4.74 Å². The zero-order chi connectivity index (χ0) is 16.9. The van der Waals surface area contributed by atoms with Gasteiger partial charge in [0.1, 0.15) is 0 Å². The topological polar surface area (TPSA) is 72.5 Å². The van der Waals surface area contributed by atoms with Crippen LogP contribution in [0.1, 0.15) is 15.9 Å². The molecule has 120 valence electrons. The monoisotopic (exact) mass is 351 g/mol. The molecule has 0 radical (unpaired) electrons. The Balaban J connectivity index is 2.22. The second-order valence-corrected chi connectivity index (χ2v) is 6.54. The molecule has 0 aromatic heterocycles. The van der Waals surface area contributed by atoms with Crippen molar-refractivity contribution < 1.29 is 17.9 Å². The highest BCUT2D eigenvalue weighted by atomic mass is 35.5. The van der Waals surface area contributed by atoms with Crippen molar-refractivity contribution in [1.29, 1.82) is 0 Å². The van der Waals surface area contributed by atoms with Crippen LogP contribution >= 0.6 is 11.6 Å². The quantitative estimate of drug-likeness (QED) is 0.836. The maximum absolute atomic E-state index is 12.1. The lowest BCUT2D eigenvalue weighted by Gasteiger charge is -2.09. The number of halogens is 1. The van der Waals surface area contributed by atoms with E-state index in [1.54, 1.807) is 36.4 Å². The number of nitrogens with one attached hydrogen (secondary N) is 1. The number of hydrogen-bond donors (Lipinski definition) is 1. The lowest BCUT2D eigenvalue weighted by atomic mass is 10.2. The van der Waals surface area contributed by atoms with Crippen molar-refractivity contribution in [3.63, 3.8) is 0 Å². The van der Waals surface area contributed by atoms with E-state index >= 15 is 0 Å². The van der Waals surface area contributed by atoms with Crippen LogP contribution < -0.4 is 4.72 Å². The van der Waals surface area contributed by atoms with Gasteiger partial charge in [0.25, 0.3) is 10.0 Å². The maximum Gasteiger partial charge on any atom is 0.339 e. The highest BCUT2D eigenvalue weighted by molar-refractivity contribution is 7.95. The molecule has 0 aliphatic carbocycles. The van der Waals surface area contributed by atoms with Gasteiger partial charge in [-0.05, 0) is 35.9 Å². The van der Waals surface area contributed by atoms with E-state index in [4.69, 9.17) is 11.6 Å². The highest BCUT2D eigenvalue weighted by Gasteiger charge is 2.14. The molecular weight excluding hydrogens is 338 g/mol. The van der Waals surface area contributed by atoms with Crippen molar-refractivity contribution in [3.05, 3.63) is 70.1 Å². The van der Waals surface area contributed by atoms with E-state index in [1.165, 1.54) is 25.3 Å². The molecule has 1 N–H and O–H groups in total. The molecule has 2 aromatic carbocycles. The summed E-state index contributed by atoms with van der Waals surface area (Å²) in [5.41, 5.74) is 0.972. The molecule has 0 amide bonds. The number of para-hydroxylation sites is 1. The van der Waals surface area contributed by atoms with E-state index in [9.17, 15) is 13.2 Å². The second kappa shape index (κ2) is 7.30. The Bertz CT molecular complexity index is 829. The lowest BCUT2D eigenvalue weighted by Crippen LogP contribution is -2.13. The maximum atomic E-state index is 12.1. The number of ether oxygens (including phenoxy) is 1. The molecule has 0 saturated carbocycles. The van der Waals surface area contributed by atoms with Crippen LogP contribution in [0.2, 0.25) is 5.02 Å². The fourth-order valence-electron chi connectivity index (χ4n) is 1.79. The lowest BCUT2D eigenvalue weighted by molar-refractivity contribution is 0.0602. The molecule has 0 aliphatic heterocycles. The molecule has 0 spiro atoms. The Labute approximate surface area is 139 Å². The summed E-state index contributed by atoms with van der Waals surface area (Å²) in [4.78, 5) is 11.6. The third kappa shape index (κ3) is 4.84. The van der Waals surface area contributed by atoms with Crippen LogP contribution in [-0.2, 0) is 14.8 Å². The normalized spacial score (nSPS) is 11.4. The molecule has 0 aliphatic rings. The standard InChI is InChI=1S/C16H14ClNO4S/c1-22-16(19)14-4-2-3-5-15(14)18-23(20,21)11-10-12-6-8-13(17)9-7-12/h2-11,18H,1H3. The number of hydrogen-bond acceptors (Lipinski definition) is 4. The van der Waals surface area contributed by atoms with E-state index in [1.807, 2.05) is 0 Å². The summed E-state index contributed by atoms with van der Waals surface area (Å²) in [6, 6.07) is 12.9. The Hall–Kier alpha value is -2.31. The second-order valence-electron chi connectivity index (χ2n) is 4.54. The molecule has 0 atom stereocenters. The van der Waals surface area contributed by atoms with Crippen LogP contribution in [0.15, 0.2) is 53.9 Å². The summed E-state index contributed by atoms with van der Waals surface area (Å²) in [7, 11) is -2.55. The molecule has 0 heterocycles. The fraction of sp³-hybridized carbons (Fsp3) is 0.0625. The molecule has 7 heteroatoms. The third-order valence-electron chi connectivity index (χ3n) is 2.89. The van der Waals surface area contributed by atoms with Gasteiger partial charge in [0.05, 0.1) is 23.8 Å². The van der Waals surface area contributed by atoms with Gasteiger partial charge in [-0.1, -0.05) is 35.9 Å². The van der Waals surface area contributed by atoms with E-state index in [-0.39, 0.29) is 11.3 Å². The molecule has 0 bridgehead atoms. The van der Waals surface area contributed by atoms with E-state index in [0.29, 0.717) is 10.6 Å². The summed E-state index contributed by atoms with van der Waals surface area (Å²) in [5.74, 6) is -0.620. The highest BCUT2D eigenvalue weighted by Crippen LogP contribution is 2.18. The van der Waals surface area contributed by atoms with Crippen molar-refractivity contribution >= 4 is 39.4 Å². The molecule has 5 nitrogen and oxygen atoms in total. The zero-order valence-electron chi connectivity index (χ0n) is 12.2. The Morgan fingerprint density at radius 1 is 1.13 bits per heavy atom. The summed E-state index contributed by atoms with van der Waals surface area (Å²) < 4.78 is 31.2. The minimum atomic E-state index is -3.78. The fourth-order valence-corrected chi connectivity index (χ4v) is 2.80. The smallest absolute Gasteiger partial charge is 0.339 e. The van der Waals surface area contributed by atoms with Crippen LogP contribution in [-0.4, -0.2) is 21.5 Å². The Morgan fingerprint density at radius 3 is 2.43 bits per heavy atom. The van der Waals surface area contributed by atoms with Crippen LogP contribution in [0, 0.1) is 0 Å². The van der Waals surface area contributed by atoms with Crippen LogP contribution in [0.25, 0.3) is 6.08 Å². The van der Waals surface area contributed by atoms with Gasteiger partial charge in [-0.15, -0.1) is 0 Å². The van der Waals surface area contributed by atoms with Gasteiger partial charge in [-0.3, -0.25) is 4.72 Å². The molecule has 2 rings (SSSR count). The average molecular weight is 352 g/mol. The zero-order valence-corrected chi connectivity index (χ0v) is 13.8. The first-order valence-electron chi connectivity index (χ1n) is 6.55. The number of anilines is 1. The number of rotatable bonds is 5. The van der Waals surface area contributed by atoms with E-state index in [0.717, 1.165) is 5.41 Å². The number of methoxy groups -OCH3 is 1. The Kier molecular flexibility index (Phi) is 5.41. The predicted molar refractivity (Wildman–Crippen MR) is 90.8 cm³/mol. The first-order valence-corrected chi connectivity index (χ1v) is 8.47. The van der Waals surface area contributed by atoms with Crippen molar-refractivity contribution in [2.75, 3.05) is 11.8 Å². The minimum absolute atomic E-state index is 0.137. The number of sulfonamides is 1. The van der Waals surface area contributed by atoms with Crippen LogP contribution in [0.3, 0.4) is 0 Å². The summed E-state index contributed by atoms with van der Waals surface area (Å²) in [6.45, 7) is 0. The summed E-state index contributed by atoms with van der Waals surface area (Å²) in [6.07, 6.45) is 1.43. The van der Waals surface area contributed by atoms with Gasteiger partial charge in [0, 0.05) is 5.02 Å². The van der Waals surface area contributed by atoms with Crippen molar-refractivity contribution in [2.45, 2.75) is 0 Å². The van der Waals surface area contributed by atoms with Gasteiger partial charge in [0.2, 0.25) is 0 Å². The van der Waals surface area contributed by atoms with Crippen molar-refractivity contribution in [2.24, 2.45) is 0 Å². The first-order chi connectivity index (χ1) is 10.9. The van der Waals surface area contributed by atoms with Gasteiger partial charge in [-0.2, -0.15) is 0 Å². The number of carbonyl (C=O) groups is 1. The van der Waals surface area contributed by atoms with E-state index < -0.39 is 16.0 Å². The van der Waals surface area contributed by atoms with Crippen LogP contribution in [0.4, 0.5) is 5.69 Å². The van der Waals surface area contributed by atoms with Crippen molar-refractivity contribution in [3.8, 4) is 0 Å². The number of carbonyl (C=O) groups excluding carboxylic acids is 1. The van der Waals surface area contributed by atoms with Gasteiger partial charge in [0.15, 0.2) is 0 Å². The minimum Gasteiger partial charge on any atom is -0.465 e. The van der Waals surface area contributed by atoms with Crippen molar-refractivity contribution in [1.82, 2.24) is 0 Å². The van der Waals surface area contributed by atoms with Gasteiger partial charge in [-0.25, -0.2) is 13.2 Å². The van der Waals surface area contributed by atoms with Crippen LogP contribution in [0.5, 0.6) is 0 Å². The predicted octanol–water partition coefficient (Wildman–Crippen LogP) is 3.54. The molecule has 0 unspecified atom stereocenters. The van der Waals surface area contributed by atoms with E-state index in [2.05, 4.69) is 9.46 Å². The summed E-state index contributed by atoms with van der Waals surface area (Å²) >= 11 is 5.77. The van der Waals surface area contributed by atoms with Gasteiger partial charge >= 0.3 is 5.97 Å². The molecule has 23 heavy (non-hydrogen) atoms. The summed E-state index contributed by atoms with van der Waals surface area (Å²) in [5, 5.41) is 1.58. The molecule has 0 saturated heterocycles.